The third kappa shape index (κ3) is 3.58. The second-order valence-corrected chi connectivity index (χ2v) is 7.90. The molecule has 2 unspecified atom stereocenters. The van der Waals surface area contributed by atoms with Crippen molar-refractivity contribution in [3.63, 3.8) is 0 Å². The van der Waals surface area contributed by atoms with E-state index < -0.39 is 0 Å². The van der Waals surface area contributed by atoms with E-state index in [0.717, 1.165) is 56.5 Å². The zero-order chi connectivity index (χ0) is 17.9. The van der Waals surface area contributed by atoms with Crippen LogP contribution in [0.4, 0.5) is 0 Å². The number of rotatable bonds is 3. The third-order valence-electron chi connectivity index (χ3n) is 6.16. The number of carbonyl (C=O) groups is 1. The van der Waals surface area contributed by atoms with Crippen molar-refractivity contribution in [3.8, 4) is 0 Å². The Kier molecular flexibility index (Phi) is 5.14. The molecule has 0 N–H and O–H groups in total. The van der Waals surface area contributed by atoms with Gasteiger partial charge in [-0.1, -0.05) is 31.1 Å². The van der Waals surface area contributed by atoms with Crippen LogP contribution in [0.2, 0.25) is 0 Å². The molecule has 0 bridgehead atoms. The maximum absolute atomic E-state index is 12.4. The van der Waals surface area contributed by atoms with Crippen LogP contribution >= 0.6 is 0 Å². The molecule has 1 aromatic heterocycles. The van der Waals surface area contributed by atoms with E-state index in [0.29, 0.717) is 11.7 Å². The molecule has 26 heavy (non-hydrogen) atoms. The Morgan fingerprint density at radius 1 is 1.19 bits per heavy atom. The number of Topliss-reactive ketones (excluding diaryl/α,β-unsaturated/α-hetero) is 1. The van der Waals surface area contributed by atoms with E-state index in [9.17, 15) is 4.79 Å². The summed E-state index contributed by atoms with van der Waals surface area (Å²) < 4.78 is 0. The summed E-state index contributed by atoms with van der Waals surface area (Å²) in [7, 11) is 0. The highest BCUT2D eigenvalue weighted by Gasteiger charge is 2.28. The second-order valence-electron chi connectivity index (χ2n) is 7.90. The summed E-state index contributed by atoms with van der Waals surface area (Å²) in [4.78, 5) is 21.7. The van der Waals surface area contributed by atoms with Gasteiger partial charge in [-0.2, -0.15) is 0 Å². The molecule has 136 valence electrons. The molecule has 1 aliphatic heterocycles. The first-order chi connectivity index (χ1) is 12.7. The molecular weight excluding hydrogens is 320 g/mol. The molecule has 3 heteroatoms. The average molecular weight is 348 g/mol. The fraction of sp³-hybridized carbons (Fsp3) is 0.522. The Bertz CT molecular complexity index is 787. The van der Waals surface area contributed by atoms with Crippen LogP contribution in [0.25, 0.3) is 0 Å². The minimum absolute atomic E-state index is 0.239. The minimum Gasteiger partial charge on any atom is -0.299 e. The Morgan fingerprint density at radius 3 is 2.96 bits per heavy atom. The second kappa shape index (κ2) is 7.69. The van der Waals surface area contributed by atoms with Crippen molar-refractivity contribution in [1.82, 2.24) is 4.98 Å². The number of pyridine rings is 1. The lowest BCUT2D eigenvalue weighted by atomic mass is 9.80. The van der Waals surface area contributed by atoms with Gasteiger partial charge in [0.15, 0.2) is 0 Å². The van der Waals surface area contributed by atoms with E-state index in [-0.39, 0.29) is 5.92 Å². The monoisotopic (exact) mass is 348 g/mol. The zero-order valence-corrected chi connectivity index (χ0v) is 15.7. The molecule has 2 atom stereocenters. The Morgan fingerprint density at radius 2 is 2.12 bits per heavy atom. The van der Waals surface area contributed by atoms with Gasteiger partial charge in [-0.05, 0) is 55.7 Å². The summed E-state index contributed by atoms with van der Waals surface area (Å²) in [6.07, 6.45) is 17.0. The van der Waals surface area contributed by atoms with Crippen molar-refractivity contribution in [2.45, 2.75) is 58.3 Å². The molecule has 1 aromatic rings. The lowest BCUT2D eigenvalue weighted by molar-refractivity contribution is -0.123. The number of hydrogen-bond donors (Lipinski definition) is 0. The van der Waals surface area contributed by atoms with Crippen LogP contribution < -0.4 is 0 Å². The van der Waals surface area contributed by atoms with Crippen LogP contribution in [0.15, 0.2) is 41.1 Å². The predicted molar refractivity (Wildman–Crippen MR) is 106 cm³/mol. The first-order valence-electron chi connectivity index (χ1n) is 10.1. The van der Waals surface area contributed by atoms with Gasteiger partial charge in [-0.3, -0.25) is 14.8 Å². The maximum Gasteiger partial charge on any atom is 0.136 e. The summed E-state index contributed by atoms with van der Waals surface area (Å²) in [6.45, 7) is 2.99. The molecule has 2 aliphatic carbocycles. The van der Waals surface area contributed by atoms with Crippen molar-refractivity contribution in [1.29, 1.82) is 0 Å². The molecule has 2 heterocycles. The SMILES string of the molecule is CC1=NCCc2ccnc(CC3=CCC(C4CCCCCC4=O)C=C3)c21. The number of carbonyl (C=O) groups excluding carboxylic acids is 1. The first kappa shape index (κ1) is 17.4. The third-order valence-corrected chi connectivity index (χ3v) is 6.16. The van der Waals surface area contributed by atoms with Crippen molar-refractivity contribution >= 4 is 11.5 Å². The molecule has 3 aliphatic rings. The van der Waals surface area contributed by atoms with Crippen molar-refractivity contribution in [2.75, 3.05) is 6.54 Å². The lowest BCUT2D eigenvalue weighted by Crippen LogP contribution is -2.22. The average Bonchev–Trinajstić information content (AvgIpc) is 2.87. The zero-order valence-electron chi connectivity index (χ0n) is 15.7. The molecule has 3 nitrogen and oxygen atoms in total. The summed E-state index contributed by atoms with van der Waals surface area (Å²) in [6, 6.07) is 2.13. The number of ketones is 1. The summed E-state index contributed by atoms with van der Waals surface area (Å²) in [5, 5.41) is 0. The summed E-state index contributed by atoms with van der Waals surface area (Å²) in [5.41, 5.74) is 6.22. The van der Waals surface area contributed by atoms with E-state index in [2.05, 4.69) is 41.2 Å². The van der Waals surface area contributed by atoms with Crippen molar-refractivity contribution in [3.05, 3.63) is 52.9 Å². The van der Waals surface area contributed by atoms with Crippen LogP contribution in [0.3, 0.4) is 0 Å². The van der Waals surface area contributed by atoms with Gasteiger partial charge in [-0.25, -0.2) is 0 Å². The topological polar surface area (TPSA) is 42.3 Å². The van der Waals surface area contributed by atoms with Crippen molar-refractivity contribution in [2.24, 2.45) is 16.8 Å². The molecular formula is C23H28N2O. The number of nitrogens with zero attached hydrogens (tertiary/aromatic N) is 2. The number of allylic oxidation sites excluding steroid dienone is 4. The minimum atomic E-state index is 0.239. The molecule has 0 aromatic carbocycles. The van der Waals surface area contributed by atoms with Gasteiger partial charge in [0.1, 0.15) is 5.78 Å². The Hall–Kier alpha value is -2.03. The quantitative estimate of drug-likeness (QED) is 0.747. The largest absolute Gasteiger partial charge is 0.299 e. The molecule has 0 amide bonds. The molecule has 1 saturated carbocycles. The van der Waals surface area contributed by atoms with E-state index in [4.69, 9.17) is 0 Å². The van der Waals surface area contributed by atoms with Gasteiger partial charge in [0.25, 0.3) is 0 Å². The number of hydrogen-bond acceptors (Lipinski definition) is 3. The highest BCUT2D eigenvalue weighted by atomic mass is 16.1. The fourth-order valence-electron chi connectivity index (χ4n) is 4.70. The van der Waals surface area contributed by atoms with E-state index >= 15 is 0 Å². The smallest absolute Gasteiger partial charge is 0.136 e. The predicted octanol–water partition coefficient (Wildman–Crippen LogP) is 4.64. The standard InChI is InChI=1S/C23H28N2O/c1-16-23-19(11-13-24-16)12-14-25-21(23)15-17-7-9-18(10-8-17)20-5-3-2-4-6-22(20)26/h7-9,12,14,18,20H,2-6,10-11,13,15H2,1H3. The van der Waals surface area contributed by atoms with Crippen LogP contribution in [0.5, 0.6) is 0 Å². The summed E-state index contributed by atoms with van der Waals surface area (Å²) >= 11 is 0. The van der Waals surface area contributed by atoms with E-state index in [1.165, 1.54) is 29.5 Å². The Balaban J connectivity index is 1.47. The highest BCUT2D eigenvalue weighted by molar-refractivity contribution is 6.01. The van der Waals surface area contributed by atoms with E-state index in [1.807, 2.05) is 6.20 Å². The van der Waals surface area contributed by atoms with Crippen LogP contribution in [-0.4, -0.2) is 23.0 Å². The van der Waals surface area contributed by atoms with Gasteiger partial charge in [-0.15, -0.1) is 0 Å². The summed E-state index contributed by atoms with van der Waals surface area (Å²) in [5.74, 6) is 1.12. The Labute approximate surface area is 156 Å². The van der Waals surface area contributed by atoms with Gasteiger partial charge in [0.2, 0.25) is 0 Å². The molecule has 1 fully saturated rings. The normalized spacial score (nSPS) is 26.0. The van der Waals surface area contributed by atoms with E-state index in [1.54, 1.807) is 0 Å². The lowest BCUT2D eigenvalue weighted by Gasteiger charge is -2.24. The van der Waals surface area contributed by atoms with Gasteiger partial charge in [0, 0.05) is 42.8 Å². The van der Waals surface area contributed by atoms with Gasteiger partial charge < -0.3 is 0 Å². The molecule has 0 spiro atoms. The molecule has 0 saturated heterocycles. The van der Waals surface area contributed by atoms with Gasteiger partial charge in [0.05, 0.1) is 5.69 Å². The fourth-order valence-corrected chi connectivity index (χ4v) is 4.70. The maximum atomic E-state index is 12.4. The molecule has 4 rings (SSSR count). The van der Waals surface area contributed by atoms with Crippen LogP contribution in [0, 0.1) is 11.8 Å². The number of fused-ring (bicyclic) bond motifs is 1. The van der Waals surface area contributed by atoms with Crippen LogP contribution in [0.1, 0.15) is 62.3 Å². The van der Waals surface area contributed by atoms with Crippen LogP contribution in [-0.2, 0) is 17.6 Å². The highest BCUT2D eigenvalue weighted by Crippen LogP contribution is 2.33. The van der Waals surface area contributed by atoms with Gasteiger partial charge >= 0.3 is 0 Å². The first-order valence-corrected chi connectivity index (χ1v) is 10.1. The number of aliphatic imine (C=N–C) groups is 1. The van der Waals surface area contributed by atoms with Crippen molar-refractivity contribution < 1.29 is 4.79 Å². The molecule has 0 radical (unpaired) electrons. The number of aromatic nitrogens is 1.